The fourth-order valence-corrected chi connectivity index (χ4v) is 2.37. The molecule has 0 saturated carbocycles. The maximum atomic E-state index is 11.9. The Morgan fingerprint density at radius 1 is 1.29 bits per heavy atom. The van der Waals surface area contributed by atoms with Crippen LogP contribution in [0.1, 0.15) is 0 Å². The number of hydrogen-bond acceptors (Lipinski definition) is 2. The molecule has 0 saturated heterocycles. The highest BCUT2D eigenvalue weighted by Gasteiger charge is 2.06. The van der Waals surface area contributed by atoms with E-state index >= 15 is 0 Å². The van der Waals surface area contributed by atoms with Gasteiger partial charge in [-0.25, -0.2) is 0 Å². The number of pyridine rings is 1. The van der Waals surface area contributed by atoms with Crippen molar-refractivity contribution in [2.75, 3.05) is 6.26 Å². The predicted molar refractivity (Wildman–Crippen MR) is 61.2 cm³/mol. The number of fused-ring (bicyclic) bond motifs is 1. The van der Waals surface area contributed by atoms with Crippen molar-refractivity contribution in [3.63, 3.8) is 0 Å². The number of aromatic nitrogens is 1. The van der Waals surface area contributed by atoms with Crippen LogP contribution in [0.3, 0.4) is 0 Å². The average molecular weight is 205 g/mol. The van der Waals surface area contributed by atoms with E-state index in [0.717, 1.165) is 15.8 Å². The summed E-state index contributed by atoms with van der Waals surface area (Å²) in [7, 11) is -2.19. The van der Waals surface area contributed by atoms with Gasteiger partial charge in [-0.1, -0.05) is 18.2 Å². The van der Waals surface area contributed by atoms with E-state index in [0.29, 0.717) is 0 Å². The monoisotopic (exact) mass is 205 g/mol. The summed E-state index contributed by atoms with van der Waals surface area (Å²) < 4.78 is 11.9. The van der Waals surface area contributed by atoms with Crippen molar-refractivity contribution in [3.05, 3.63) is 36.5 Å². The van der Waals surface area contributed by atoms with Gasteiger partial charge in [0.2, 0.25) is 0 Å². The third kappa shape index (κ3) is 1.51. The maximum Gasteiger partial charge on any atom is 0.0857 e. The van der Waals surface area contributed by atoms with Crippen LogP contribution < -0.4 is 0 Å². The van der Waals surface area contributed by atoms with E-state index in [9.17, 15) is 4.21 Å². The second-order valence-corrected chi connectivity index (χ2v) is 5.79. The number of benzene rings is 1. The minimum Gasteiger partial charge on any atom is -0.263 e. The molecule has 0 spiro atoms. The van der Waals surface area contributed by atoms with Gasteiger partial charge in [-0.3, -0.25) is 9.19 Å². The minimum absolute atomic E-state index is 0.732. The van der Waals surface area contributed by atoms with E-state index in [1.165, 1.54) is 0 Å². The van der Waals surface area contributed by atoms with E-state index in [1.54, 1.807) is 12.5 Å². The summed E-state index contributed by atoms with van der Waals surface area (Å²) in [5, 5.41) is 1.00. The van der Waals surface area contributed by atoms with Crippen molar-refractivity contribution in [2.24, 2.45) is 0 Å². The number of para-hydroxylation sites is 1. The maximum absolute atomic E-state index is 11.9. The molecule has 0 radical (unpaired) electrons. The molecular formula is C11H11NOS. The van der Waals surface area contributed by atoms with E-state index in [1.807, 2.05) is 30.3 Å². The molecule has 2 rings (SSSR count). The van der Waals surface area contributed by atoms with Crippen LogP contribution >= 0.6 is 0 Å². The zero-order valence-electron chi connectivity index (χ0n) is 7.93. The second kappa shape index (κ2) is 3.10. The van der Waals surface area contributed by atoms with Crippen molar-refractivity contribution in [2.45, 2.75) is 4.90 Å². The van der Waals surface area contributed by atoms with Gasteiger partial charge < -0.3 is 0 Å². The topological polar surface area (TPSA) is 30.0 Å². The van der Waals surface area contributed by atoms with Gasteiger partial charge in [0.1, 0.15) is 0 Å². The van der Waals surface area contributed by atoms with Crippen LogP contribution in [0.25, 0.3) is 10.9 Å². The highest BCUT2D eigenvalue weighted by molar-refractivity contribution is 7.99. The molecule has 2 nitrogen and oxygen atoms in total. The molecule has 0 aliphatic carbocycles. The van der Waals surface area contributed by atoms with Gasteiger partial charge in [-0.2, -0.15) is 0 Å². The first-order valence-corrected chi connectivity index (χ1v) is 6.38. The third-order valence-electron chi connectivity index (χ3n) is 2.06. The fraction of sp³-hybridized carbons (Fsp3) is 0.0909. The fourth-order valence-electron chi connectivity index (χ4n) is 1.42. The molecule has 1 aromatic carbocycles. The molecule has 2 aromatic rings. The van der Waals surface area contributed by atoms with Crippen molar-refractivity contribution >= 4 is 26.3 Å². The van der Waals surface area contributed by atoms with Crippen LogP contribution in [0.15, 0.2) is 41.4 Å². The molecule has 1 unspecified atom stereocenters. The first kappa shape index (κ1) is 9.21. The quantitative estimate of drug-likeness (QED) is 0.666. The number of rotatable bonds is 1. The lowest BCUT2D eigenvalue weighted by atomic mass is 10.2. The smallest absolute Gasteiger partial charge is 0.0857 e. The van der Waals surface area contributed by atoms with Gasteiger partial charge in [0.15, 0.2) is 0 Å². The Bertz CT molecular complexity index is 567. The first-order chi connectivity index (χ1) is 6.59. The molecule has 0 aliphatic rings. The van der Waals surface area contributed by atoms with E-state index < -0.39 is 9.52 Å². The van der Waals surface area contributed by atoms with Gasteiger partial charge in [0.05, 0.1) is 10.4 Å². The molecule has 0 fully saturated rings. The van der Waals surface area contributed by atoms with Gasteiger partial charge in [-0.05, 0) is 27.5 Å². The zero-order chi connectivity index (χ0) is 10.2. The minimum atomic E-state index is -2.19. The third-order valence-corrected chi connectivity index (χ3v) is 3.32. The SMILES string of the molecule is C=S(C)(=O)c1cccc2cccnc12. The zero-order valence-corrected chi connectivity index (χ0v) is 8.75. The molecule has 0 aliphatic heterocycles. The Hall–Kier alpha value is -1.35. The summed E-state index contributed by atoms with van der Waals surface area (Å²) in [6.45, 7) is 0. The molecular weight excluding hydrogens is 194 g/mol. The Morgan fingerprint density at radius 3 is 2.71 bits per heavy atom. The molecule has 3 heteroatoms. The molecule has 0 N–H and O–H groups in total. The van der Waals surface area contributed by atoms with Crippen LogP contribution in [-0.4, -0.2) is 21.3 Å². The van der Waals surface area contributed by atoms with Gasteiger partial charge in [0.25, 0.3) is 0 Å². The molecule has 0 bridgehead atoms. The van der Waals surface area contributed by atoms with Crippen LogP contribution in [0, 0.1) is 0 Å². The normalized spacial score (nSPS) is 15.2. The highest BCUT2D eigenvalue weighted by atomic mass is 32.2. The van der Waals surface area contributed by atoms with Crippen molar-refractivity contribution < 1.29 is 4.21 Å². The Balaban J connectivity index is 2.92. The van der Waals surface area contributed by atoms with Gasteiger partial charge >= 0.3 is 0 Å². The van der Waals surface area contributed by atoms with Gasteiger partial charge in [-0.15, -0.1) is 0 Å². The van der Waals surface area contributed by atoms with Crippen LogP contribution in [0.2, 0.25) is 0 Å². The molecule has 72 valence electrons. The predicted octanol–water partition coefficient (Wildman–Crippen LogP) is 1.94. The van der Waals surface area contributed by atoms with Crippen LogP contribution in [0.4, 0.5) is 0 Å². The van der Waals surface area contributed by atoms with Crippen LogP contribution in [0.5, 0.6) is 0 Å². The highest BCUT2D eigenvalue weighted by Crippen LogP contribution is 2.19. The first-order valence-electron chi connectivity index (χ1n) is 4.25. The number of hydrogen-bond donors (Lipinski definition) is 0. The van der Waals surface area contributed by atoms with Crippen LogP contribution in [-0.2, 0) is 9.52 Å². The van der Waals surface area contributed by atoms with Gasteiger partial charge in [0, 0.05) is 17.8 Å². The van der Waals surface area contributed by atoms with Crippen molar-refractivity contribution in [1.82, 2.24) is 4.98 Å². The number of nitrogens with zero attached hydrogens (tertiary/aromatic N) is 1. The van der Waals surface area contributed by atoms with Crippen molar-refractivity contribution in [3.8, 4) is 0 Å². The Labute approximate surface area is 83.6 Å². The summed E-state index contributed by atoms with van der Waals surface area (Å²) in [6, 6.07) is 9.49. The average Bonchev–Trinajstić information content (AvgIpc) is 2.15. The van der Waals surface area contributed by atoms with Crippen molar-refractivity contribution in [1.29, 1.82) is 0 Å². The summed E-state index contributed by atoms with van der Waals surface area (Å²) in [4.78, 5) is 4.96. The largest absolute Gasteiger partial charge is 0.263 e. The summed E-state index contributed by atoms with van der Waals surface area (Å²) >= 11 is 0. The standard InChI is InChI=1S/C11H11NOS/c1-14(2,13)10-7-3-5-9-6-4-8-12-11(9)10/h3-8H,1H2,2H3. The van der Waals surface area contributed by atoms with E-state index in [4.69, 9.17) is 0 Å². The molecule has 0 amide bonds. The summed E-state index contributed by atoms with van der Waals surface area (Å²) in [5.74, 6) is 3.68. The molecule has 1 aromatic heterocycles. The summed E-state index contributed by atoms with van der Waals surface area (Å²) in [6.07, 6.45) is 3.34. The summed E-state index contributed by atoms with van der Waals surface area (Å²) in [5.41, 5.74) is 0.789. The second-order valence-electron chi connectivity index (χ2n) is 3.34. The van der Waals surface area contributed by atoms with E-state index in [2.05, 4.69) is 10.9 Å². The van der Waals surface area contributed by atoms with E-state index in [-0.39, 0.29) is 0 Å². The molecule has 14 heavy (non-hydrogen) atoms. The lowest BCUT2D eigenvalue weighted by Crippen LogP contribution is -1.98. The Morgan fingerprint density at radius 2 is 2.00 bits per heavy atom. The molecule has 1 heterocycles. The molecule has 1 atom stereocenters. The lowest BCUT2D eigenvalue weighted by molar-refractivity contribution is 0.685. The Kier molecular flexibility index (Phi) is 2.04. The lowest BCUT2D eigenvalue weighted by Gasteiger charge is -2.05.